The molecule has 0 fully saturated rings. The Bertz CT molecular complexity index is 904. The van der Waals surface area contributed by atoms with Crippen LogP contribution < -0.4 is 5.14 Å². The molecule has 0 saturated heterocycles. The predicted molar refractivity (Wildman–Crippen MR) is 93.8 cm³/mol. The molecule has 3 rings (SSSR count). The van der Waals surface area contributed by atoms with Crippen molar-refractivity contribution in [1.29, 1.82) is 0 Å². The topological polar surface area (TPSA) is 43.8 Å². The molecule has 0 aliphatic heterocycles. The van der Waals surface area contributed by atoms with Gasteiger partial charge in [0.2, 0.25) is 0 Å². The standard InChI is InChI=1S/C17H13ClF3N3S/c1-10-2-3-11(8-14(10)18)15-9-16(17(19,20)21)23-24(15)12-4-6-13(25-22)7-5-12/h2-9H,22H2,1H3. The number of aromatic nitrogens is 2. The predicted octanol–water partition coefficient (Wildman–Crippen LogP) is 5.49. The molecule has 0 amide bonds. The van der Waals surface area contributed by atoms with Gasteiger partial charge in [-0.1, -0.05) is 23.7 Å². The summed E-state index contributed by atoms with van der Waals surface area (Å²) in [6.07, 6.45) is -4.54. The molecule has 0 spiro atoms. The van der Waals surface area contributed by atoms with Gasteiger partial charge in [-0.05, 0) is 60.8 Å². The van der Waals surface area contributed by atoms with Gasteiger partial charge >= 0.3 is 6.18 Å². The fraction of sp³-hybridized carbons (Fsp3) is 0.118. The number of hydrogen-bond donors (Lipinski definition) is 1. The highest BCUT2D eigenvalue weighted by Gasteiger charge is 2.35. The molecule has 0 atom stereocenters. The molecular weight excluding hydrogens is 371 g/mol. The van der Waals surface area contributed by atoms with E-state index in [0.29, 0.717) is 22.0 Å². The molecule has 0 radical (unpaired) electrons. The Morgan fingerprint density at radius 2 is 1.76 bits per heavy atom. The molecule has 3 aromatic rings. The van der Waals surface area contributed by atoms with Crippen LogP contribution >= 0.6 is 23.5 Å². The summed E-state index contributed by atoms with van der Waals surface area (Å²) in [6, 6.07) is 12.9. The molecule has 2 N–H and O–H groups in total. The number of alkyl halides is 3. The van der Waals surface area contributed by atoms with E-state index in [2.05, 4.69) is 5.10 Å². The van der Waals surface area contributed by atoms with Gasteiger partial charge in [0.05, 0.1) is 11.4 Å². The fourth-order valence-electron chi connectivity index (χ4n) is 2.34. The monoisotopic (exact) mass is 383 g/mol. The molecule has 0 aliphatic carbocycles. The average Bonchev–Trinajstić information content (AvgIpc) is 3.03. The lowest BCUT2D eigenvalue weighted by Gasteiger charge is -2.09. The smallest absolute Gasteiger partial charge is 0.274 e. The van der Waals surface area contributed by atoms with Gasteiger partial charge < -0.3 is 0 Å². The molecule has 25 heavy (non-hydrogen) atoms. The minimum absolute atomic E-state index is 0.308. The molecule has 0 aliphatic rings. The zero-order valence-corrected chi connectivity index (χ0v) is 14.6. The van der Waals surface area contributed by atoms with Crippen molar-refractivity contribution in [2.75, 3.05) is 0 Å². The third-order valence-electron chi connectivity index (χ3n) is 3.68. The van der Waals surface area contributed by atoms with Crippen molar-refractivity contribution >= 4 is 23.5 Å². The lowest BCUT2D eigenvalue weighted by molar-refractivity contribution is -0.141. The molecule has 3 nitrogen and oxygen atoms in total. The first-order valence-electron chi connectivity index (χ1n) is 7.20. The molecule has 0 unspecified atom stereocenters. The van der Waals surface area contributed by atoms with Crippen LogP contribution in [0, 0.1) is 6.92 Å². The largest absolute Gasteiger partial charge is 0.435 e. The normalized spacial score (nSPS) is 11.8. The van der Waals surface area contributed by atoms with E-state index in [0.717, 1.165) is 28.5 Å². The van der Waals surface area contributed by atoms with E-state index >= 15 is 0 Å². The SMILES string of the molecule is Cc1ccc(-c2cc(C(F)(F)F)nn2-c2ccc(SN)cc2)cc1Cl. The summed E-state index contributed by atoms with van der Waals surface area (Å²) in [5.41, 5.74) is 1.24. The van der Waals surface area contributed by atoms with E-state index in [9.17, 15) is 13.2 Å². The first-order valence-corrected chi connectivity index (χ1v) is 8.46. The van der Waals surface area contributed by atoms with Crippen LogP contribution in [-0.2, 0) is 6.18 Å². The highest BCUT2D eigenvalue weighted by atomic mass is 35.5. The highest BCUT2D eigenvalue weighted by Crippen LogP contribution is 2.34. The van der Waals surface area contributed by atoms with Crippen molar-refractivity contribution in [3.63, 3.8) is 0 Å². The third-order valence-corrected chi connectivity index (χ3v) is 4.64. The lowest BCUT2D eigenvalue weighted by Crippen LogP contribution is -2.07. The van der Waals surface area contributed by atoms with Gasteiger partial charge in [-0.2, -0.15) is 18.3 Å². The van der Waals surface area contributed by atoms with Crippen LogP contribution in [0.4, 0.5) is 13.2 Å². The van der Waals surface area contributed by atoms with Crippen molar-refractivity contribution in [1.82, 2.24) is 9.78 Å². The maximum absolute atomic E-state index is 13.2. The quantitative estimate of drug-likeness (QED) is 0.608. The van der Waals surface area contributed by atoms with E-state index in [1.165, 1.54) is 4.68 Å². The summed E-state index contributed by atoms with van der Waals surface area (Å²) in [4.78, 5) is 0.798. The van der Waals surface area contributed by atoms with E-state index in [4.69, 9.17) is 16.7 Å². The van der Waals surface area contributed by atoms with Crippen LogP contribution in [0.1, 0.15) is 11.3 Å². The summed E-state index contributed by atoms with van der Waals surface area (Å²) in [5.74, 6) is 0. The molecule has 8 heteroatoms. The number of nitrogens with zero attached hydrogens (tertiary/aromatic N) is 2. The Balaban J connectivity index is 2.18. The van der Waals surface area contributed by atoms with Crippen molar-refractivity contribution < 1.29 is 13.2 Å². The Morgan fingerprint density at radius 3 is 2.32 bits per heavy atom. The number of nitrogens with two attached hydrogens (primary N) is 1. The van der Waals surface area contributed by atoms with Gasteiger partial charge in [0.1, 0.15) is 0 Å². The van der Waals surface area contributed by atoms with Gasteiger partial charge in [-0.3, -0.25) is 5.14 Å². The zero-order chi connectivity index (χ0) is 18.2. The van der Waals surface area contributed by atoms with Gasteiger partial charge in [-0.25, -0.2) is 4.68 Å². The second kappa shape index (κ2) is 6.74. The molecule has 0 saturated carbocycles. The molecule has 1 aromatic heterocycles. The number of aryl methyl sites for hydroxylation is 1. The van der Waals surface area contributed by atoms with Crippen molar-refractivity contribution in [2.24, 2.45) is 5.14 Å². The molecule has 130 valence electrons. The van der Waals surface area contributed by atoms with Crippen LogP contribution in [0.25, 0.3) is 16.9 Å². The summed E-state index contributed by atoms with van der Waals surface area (Å²) in [6.45, 7) is 1.83. The molecule has 2 aromatic carbocycles. The summed E-state index contributed by atoms with van der Waals surface area (Å²) in [5, 5.41) is 9.71. The van der Waals surface area contributed by atoms with E-state index in [1.807, 2.05) is 6.92 Å². The second-order valence-electron chi connectivity index (χ2n) is 5.40. The van der Waals surface area contributed by atoms with Crippen LogP contribution in [0.3, 0.4) is 0 Å². The minimum atomic E-state index is -4.54. The number of benzene rings is 2. The maximum atomic E-state index is 13.2. The fourth-order valence-corrected chi connectivity index (χ4v) is 2.81. The first-order chi connectivity index (χ1) is 11.8. The minimum Gasteiger partial charge on any atom is -0.274 e. The number of rotatable bonds is 3. The molecular formula is C17H13ClF3N3S. The Labute approximate surface area is 151 Å². The van der Waals surface area contributed by atoms with Gasteiger partial charge in [0, 0.05) is 15.5 Å². The summed E-state index contributed by atoms with van der Waals surface area (Å²) >= 11 is 7.19. The van der Waals surface area contributed by atoms with Gasteiger partial charge in [0.25, 0.3) is 0 Å². The van der Waals surface area contributed by atoms with Crippen molar-refractivity contribution in [3.05, 3.63) is 64.8 Å². The maximum Gasteiger partial charge on any atom is 0.435 e. The third kappa shape index (κ3) is 3.68. The lowest BCUT2D eigenvalue weighted by atomic mass is 10.1. The summed E-state index contributed by atoms with van der Waals surface area (Å²) < 4.78 is 40.7. The first kappa shape index (κ1) is 17.8. The van der Waals surface area contributed by atoms with Crippen LogP contribution in [0.2, 0.25) is 5.02 Å². The van der Waals surface area contributed by atoms with Gasteiger partial charge in [-0.15, -0.1) is 0 Å². The number of halogens is 4. The van der Waals surface area contributed by atoms with Crippen molar-refractivity contribution in [3.8, 4) is 16.9 Å². The Morgan fingerprint density at radius 1 is 1.08 bits per heavy atom. The number of hydrogen-bond acceptors (Lipinski definition) is 3. The Kier molecular flexibility index (Phi) is 4.81. The molecule has 1 heterocycles. The Hall–Kier alpha value is -1.96. The zero-order valence-electron chi connectivity index (χ0n) is 13.0. The van der Waals surface area contributed by atoms with Crippen LogP contribution in [0.5, 0.6) is 0 Å². The van der Waals surface area contributed by atoms with E-state index in [1.54, 1.807) is 42.5 Å². The van der Waals surface area contributed by atoms with Crippen molar-refractivity contribution in [2.45, 2.75) is 18.0 Å². The molecule has 0 bridgehead atoms. The summed E-state index contributed by atoms with van der Waals surface area (Å²) in [7, 11) is 0. The van der Waals surface area contributed by atoms with Crippen LogP contribution in [0.15, 0.2) is 53.4 Å². The highest BCUT2D eigenvalue weighted by molar-refractivity contribution is 7.97. The van der Waals surface area contributed by atoms with Crippen LogP contribution in [-0.4, -0.2) is 9.78 Å². The van der Waals surface area contributed by atoms with E-state index < -0.39 is 11.9 Å². The van der Waals surface area contributed by atoms with Gasteiger partial charge in [0.15, 0.2) is 5.69 Å². The second-order valence-corrected chi connectivity index (χ2v) is 6.51. The van der Waals surface area contributed by atoms with E-state index in [-0.39, 0.29) is 0 Å². The average molecular weight is 384 g/mol.